The number of fused-ring (bicyclic) bond motifs is 1. The number of methoxy groups -OCH3 is 1. The number of benzene rings is 2. The molecule has 1 atom stereocenters. The second-order valence-electron chi connectivity index (χ2n) is 9.00. The van der Waals surface area contributed by atoms with Crippen molar-refractivity contribution in [1.82, 2.24) is 25.1 Å². The van der Waals surface area contributed by atoms with E-state index >= 15 is 0 Å². The van der Waals surface area contributed by atoms with Crippen LogP contribution in [0, 0.1) is 18.7 Å². The average Bonchev–Trinajstić information content (AvgIpc) is 3.40. The van der Waals surface area contributed by atoms with E-state index in [1.165, 1.54) is 25.6 Å². The largest absolute Gasteiger partial charge is 0.491 e. The monoisotopic (exact) mass is 502 g/mol. The Morgan fingerprint density at radius 2 is 1.95 bits per heavy atom. The normalized spacial score (nSPS) is 15.1. The van der Waals surface area contributed by atoms with Crippen molar-refractivity contribution in [3.63, 3.8) is 0 Å². The van der Waals surface area contributed by atoms with Gasteiger partial charge in [0.1, 0.15) is 29.2 Å². The van der Waals surface area contributed by atoms with Gasteiger partial charge in [0.15, 0.2) is 0 Å². The van der Waals surface area contributed by atoms with Crippen molar-refractivity contribution >= 4 is 22.8 Å². The van der Waals surface area contributed by atoms with Crippen LogP contribution < -0.4 is 10.1 Å². The van der Waals surface area contributed by atoms with Gasteiger partial charge in [-0.3, -0.25) is 0 Å². The number of carbonyl (C=O) groups is 1. The Morgan fingerprint density at radius 3 is 2.70 bits per heavy atom. The molecule has 0 aliphatic carbocycles. The van der Waals surface area contributed by atoms with Gasteiger partial charge >= 0.3 is 6.09 Å². The van der Waals surface area contributed by atoms with Crippen LogP contribution in [0.5, 0.6) is 5.75 Å². The fourth-order valence-corrected chi connectivity index (χ4v) is 4.36. The van der Waals surface area contributed by atoms with Crippen LogP contribution in [0.1, 0.15) is 17.8 Å². The van der Waals surface area contributed by atoms with E-state index in [2.05, 4.69) is 25.5 Å². The zero-order valence-electron chi connectivity index (χ0n) is 20.6. The Bertz CT molecular complexity index is 1400. The number of likely N-dealkylation sites (tertiary alicyclic amines) is 1. The number of ether oxygens (including phenoxy) is 2. The van der Waals surface area contributed by atoms with Crippen molar-refractivity contribution < 1.29 is 18.7 Å². The molecule has 0 saturated carbocycles. The zero-order chi connectivity index (χ0) is 25.8. The minimum Gasteiger partial charge on any atom is -0.491 e. The smallest absolute Gasteiger partial charge is 0.409 e. The summed E-state index contributed by atoms with van der Waals surface area (Å²) in [5.74, 6) is 1.08. The molecule has 190 valence electrons. The van der Waals surface area contributed by atoms with E-state index in [1.54, 1.807) is 17.0 Å². The van der Waals surface area contributed by atoms with Crippen LogP contribution in [0.2, 0.25) is 0 Å². The first-order valence-electron chi connectivity index (χ1n) is 12.0. The van der Waals surface area contributed by atoms with Gasteiger partial charge in [0.05, 0.1) is 31.6 Å². The number of hydrogen-bond acceptors (Lipinski definition) is 8. The molecule has 0 bridgehead atoms. The Morgan fingerprint density at radius 1 is 1.11 bits per heavy atom. The zero-order valence-corrected chi connectivity index (χ0v) is 20.6. The fourth-order valence-electron chi connectivity index (χ4n) is 4.36. The maximum absolute atomic E-state index is 13.6. The van der Waals surface area contributed by atoms with Crippen LogP contribution in [-0.2, 0) is 11.3 Å². The highest BCUT2D eigenvalue weighted by molar-refractivity contribution is 5.96. The van der Waals surface area contributed by atoms with Crippen molar-refractivity contribution in [3.8, 4) is 16.9 Å². The van der Waals surface area contributed by atoms with E-state index in [0.717, 1.165) is 34.3 Å². The Labute approximate surface area is 213 Å². The molecular formula is C27H27FN6O3. The third kappa shape index (κ3) is 5.58. The molecule has 10 heteroatoms. The number of hydrogen-bond donors (Lipinski definition) is 1. The molecule has 37 heavy (non-hydrogen) atoms. The molecule has 0 radical (unpaired) electrons. The molecule has 2 aromatic heterocycles. The molecule has 1 saturated heterocycles. The molecule has 0 spiro atoms. The first-order chi connectivity index (χ1) is 18.0. The molecule has 9 nitrogen and oxygen atoms in total. The van der Waals surface area contributed by atoms with E-state index in [0.29, 0.717) is 43.3 Å². The van der Waals surface area contributed by atoms with E-state index in [-0.39, 0.29) is 17.8 Å². The number of aryl methyl sites for hydroxylation is 1. The van der Waals surface area contributed by atoms with Crippen molar-refractivity contribution in [1.29, 1.82) is 0 Å². The molecule has 2 aromatic carbocycles. The fraction of sp³-hybridized carbons (Fsp3) is 0.296. The summed E-state index contributed by atoms with van der Waals surface area (Å²) in [5.41, 5.74) is 3.96. The second-order valence-corrected chi connectivity index (χ2v) is 9.00. The van der Waals surface area contributed by atoms with Crippen LogP contribution >= 0.6 is 0 Å². The van der Waals surface area contributed by atoms with Gasteiger partial charge in [-0.1, -0.05) is 12.1 Å². The Balaban J connectivity index is 1.45. The summed E-state index contributed by atoms with van der Waals surface area (Å²) in [7, 11) is 1.38. The summed E-state index contributed by atoms with van der Waals surface area (Å²) in [4.78, 5) is 22.5. The quantitative estimate of drug-likeness (QED) is 0.391. The molecule has 3 heterocycles. The molecule has 5 rings (SSSR count). The summed E-state index contributed by atoms with van der Waals surface area (Å²) in [6, 6.07) is 14.0. The van der Waals surface area contributed by atoms with Crippen LogP contribution in [0.4, 0.5) is 15.0 Å². The van der Waals surface area contributed by atoms with Crippen molar-refractivity contribution in [2.24, 2.45) is 5.92 Å². The van der Waals surface area contributed by atoms with Crippen molar-refractivity contribution in [3.05, 3.63) is 72.1 Å². The SMILES string of the molecule is COC(=O)N1CCC(COc2cc(-c3ccc(F)cc3)cc3c(NCc4ccc(C)nn4)ncnc23)C1. The molecule has 1 N–H and O–H groups in total. The highest BCUT2D eigenvalue weighted by Gasteiger charge is 2.27. The van der Waals surface area contributed by atoms with Crippen LogP contribution in [0.25, 0.3) is 22.0 Å². The maximum Gasteiger partial charge on any atom is 0.409 e. The summed E-state index contributed by atoms with van der Waals surface area (Å²) >= 11 is 0. The van der Waals surface area contributed by atoms with Gasteiger partial charge in [-0.2, -0.15) is 10.2 Å². The Kier molecular flexibility index (Phi) is 7.07. The van der Waals surface area contributed by atoms with Gasteiger partial charge in [-0.25, -0.2) is 19.2 Å². The minimum atomic E-state index is -0.326. The standard InChI is InChI=1S/C27H27FN6O3/c1-17-3-8-22(33-32-17)13-29-26-23-11-20(19-4-6-21(28)7-5-19)12-24(25(23)30-16-31-26)37-15-18-9-10-34(14-18)27(35)36-2/h3-8,11-12,16,18H,9-10,13-15H2,1-2H3,(H,29,30,31). The van der Waals surface area contributed by atoms with Gasteiger partial charge in [0.25, 0.3) is 0 Å². The number of nitrogens with zero attached hydrogens (tertiary/aromatic N) is 5. The number of nitrogens with one attached hydrogen (secondary N) is 1. The van der Waals surface area contributed by atoms with Gasteiger partial charge in [0.2, 0.25) is 0 Å². The lowest BCUT2D eigenvalue weighted by Gasteiger charge is -2.17. The Hall–Kier alpha value is -4.34. The lowest BCUT2D eigenvalue weighted by Crippen LogP contribution is -2.29. The van der Waals surface area contributed by atoms with Gasteiger partial charge in [-0.15, -0.1) is 0 Å². The highest BCUT2D eigenvalue weighted by Crippen LogP contribution is 2.35. The molecule has 4 aromatic rings. The molecule has 1 aliphatic rings. The number of halogens is 1. The van der Waals surface area contributed by atoms with Crippen molar-refractivity contribution in [2.45, 2.75) is 19.9 Å². The lowest BCUT2D eigenvalue weighted by atomic mass is 10.0. The number of anilines is 1. The first-order valence-corrected chi connectivity index (χ1v) is 12.0. The van der Waals surface area contributed by atoms with Crippen LogP contribution in [0.3, 0.4) is 0 Å². The maximum atomic E-state index is 13.6. The summed E-state index contributed by atoms with van der Waals surface area (Å²) < 4.78 is 24.7. The third-order valence-corrected chi connectivity index (χ3v) is 6.36. The minimum absolute atomic E-state index is 0.170. The molecule has 1 unspecified atom stereocenters. The molecule has 1 amide bonds. The summed E-state index contributed by atoms with van der Waals surface area (Å²) in [6.07, 6.45) is 1.99. The van der Waals surface area contributed by atoms with Gasteiger partial charge in [-0.05, 0) is 60.9 Å². The van der Waals surface area contributed by atoms with Crippen molar-refractivity contribution in [2.75, 3.05) is 32.1 Å². The highest BCUT2D eigenvalue weighted by atomic mass is 19.1. The molecule has 1 aliphatic heterocycles. The average molecular weight is 503 g/mol. The molecular weight excluding hydrogens is 475 g/mol. The third-order valence-electron chi connectivity index (χ3n) is 6.36. The van der Waals surface area contributed by atoms with E-state index in [1.807, 2.05) is 31.2 Å². The van der Waals surface area contributed by atoms with E-state index < -0.39 is 0 Å². The van der Waals surface area contributed by atoms with Gasteiger partial charge < -0.3 is 19.7 Å². The number of aromatic nitrogens is 4. The first kappa shape index (κ1) is 24.4. The number of amides is 1. The van der Waals surface area contributed by atoms with E-state index in [4.69, 9.17) is 9.47 Å². The predicted molar refractivity (Wildman–Crippen MR) is 137 cm³/mol. The second kappa shape index (κ2) is 10.7. The molecule has 1 fully saturated rings. The lowest BCUT2D eigenvalue weighted by molar-refractivity contribution is 0.130. The van der Waals surface area contributed by atoms with E-state index in [9.17, 15) is 9.18 Å². The number of rotatable bonds is 7. The van der Waals surface area contributed by atoms with Crippen LogP contribution in [-0.4, -0.2) is 58.0 Å². The predicted octanol–water partition coefficient (Wildman–Crippen LogP) is 4.61. The summed E-state index contributed by atoms with van der Waals surface area (Å²) in [6.45, 7) is 3.94. The number of carbonyl (C=O) groups excluding carboxylic acids is 1. The van der Waals surface area contributed by atoms with Crippen LogP contribution in [0.15, 0.2) is 54.9 Å². The topological polar surface area (TPSA) is 102 Å². The van der Waals surface area contributed by atoms with Gasteiger partial charge in [0, 0.05) is 24.4 Å². The summed E-state index contributed by atoms with van der Waals surface area (Å²) in [5, 5.41) is 12.4.